The minimum atomic E-state index is -0.515. The molecule has 0 aromatic carbocycles. The van der Waals surface area contributed by atoms with E-state index in [0.717, 1.165) is 0 Å². The average molecular weight is 213 g/mol. The van der Waals surface area contributed by atoms with Crippen LogP contribution in [-0.4, -0.2) is 18.6 Å². The molecule has 0 aromatic rings. The summed E-state index contributed by atoms with van der Waals surface area (Å²) in [5.74, 6) is 0.315. The second-order valence-electron chi connectivity index (χ2n) is 5.62. The third-order valence-corrected chi connectivity index (χ3v) is 3.12. The van der Waals surface area contributed by atoms with Crippen molar-refractivity contribution < 1.29 is 9.53 Å². The number of ether oxygens (including phenoxy) is 1. The largest absolute Gasteiger partial charge is 0.464 e. The maximum absolute atomic E-state index is 11.6. The molecule has 1 atom stereocenters. The number of hydrogen-bond donors (Lipinski definition) is 1. The summed E-state index contributed by atoms with van der Waals surface area (Å²) < 4.78 is 5.25. The second kappa shape index (κ2) is 4.97. The molecule has 0 aliphatic heterocycles. The minimum Gasteiger partial charge on any atom is -0.464 e. The van der Waals surface area contributed by atoms with Crippen molar-refractivity contribution in [3.8, 4) is 0 Å². The predicted octanol–water partition coefficient (Wildman–Crippen LogP) is 2.09. The molecule has 0 spiro atoms. The molecule has 1 saturated carbocycles. The van der Waals surface area contributed by atoms with E-state index in [0.29, 0.717) is 12.5 Å². The molecule has 3 nitrogen and oxygen atoms in total. The molecule has 0 heterocycles. The number of carbonyl (C=O) groups is 1. The van der Waals surface area contributed by atoms with Crippen LogP contribution in [0.1, 0.15) is 46.5 Å². The van der Waals surface area contributed by atoms with Gasteiger partial charge >= 0.3 is 5.97 Å². The Morgan fingerprint density at radius 1 is 1.40 bits per heavy atom. The Morgan fingerprint density at radius 2 is 1.93 bits per heavy atom. The zero-order valence-corrected chi connectivity index (χ0v) is 10.1. The van der Waals surface area contributed by atoms with Gasteiger partial charge in [0.1, 0.15) is 6.04 Å². The summed E-state index contributed by atoms with van der Waals surface area (Å²) in [6, 6.07) is -0.515. The summed E-state index contributed by atoms with van der Waals surface area (Å²) in [5, 5.41) is 0. The van der Waals surface area contributed by atoms with Crippen LogP contribution in [0.25, 0.3) is 0 Å². The summed E-state index contributed by atoms with van der Waals surface area (Å²) in [6.07, 6.45) is 4.93. The third-order valence-electron chi connectivity index (χ3n) is 3.12. The van der Waals surface area contributed by atoms with Crippen LogP contribution in [-0.2, 0) is 9.53 Å². The Labute approximate surface area is 92.4 Å². The number of rotatable bonds is 3. The van der Waals surface area contributed by atoms with Gasteiger partial charge in [-0.05, 0) is 24.2 Å². The molecule has 0 bridgehead atoms. The first-order chi connectivity index (χ1) is 6.91. The molecular formula is C12H23NO2. The van der Waals surface area contributed by atoms with Crippen LogP contribution >= 0.6 is 0 Å². The van der Waals surface area contributed by atoms with E-state index in [1.54, 1.807) is 0 Å². The van der Waals surface area contributed by atoms with E-state index in [9.17, 15) is 4.79 Å². The highest BCUT2D eigenvalue weighted by Crippen LogP contribution is 2.25. The molecule has 1 fully saturated rings. The SMILES string of the molecule is CC(C)(C)C(N)C(=O)OCC1CCCC1. The predicted molar refractivity (Wildman–Crippen MR) is 60.3 cm³/mol. The third kappa shape index (κ3) is 3.82. The Hall–Kier alpha value is -0.570. The van der Waals surface area contributed by atoms with Gasteiger partial charge in [-0.3, -0.25) is 4.79 Å². The molecule has 0 radical (unpaired) electrons. The Morgan fingerprint density at radius 3 is 2.40 bits per heavy atom. The molecule has 0 amide bonds. The molecule has 15 heavy (non-hydrogen) atoms. The lowest BCUT2D eigenvalue weighted by Crippen LogP contribution is -2.43. The Balaban J connectivity index is 2.29. The first-order valence-corrected chi connectivity index (χ1v) is 5.83. The van der Waals surface area contributed by atoms with E-state index in [-0.39, 0.29) is 11.4 Å². The first-order valence-electron chi connectivity index (χ1n) is 5.83. The summed E-state index contributed by atoms with van der Waals surface area (Å²) in [6.45, 7) is 6.42. The van der Waals surface area contributed by atoms with Crippen molar-refractivity contribution in [1.82, 2.24) is 0 Å². The van der Waals surface area contributed by atoms with Crippen molar-refractivity contribution in [2.75, 3.05) is 6.61 Å². The zero-order valence-electron chi connectivity index (χ0n) is 10.1. The normalized spacial score (nSPS) is 20.3. The molecule has 1 unspecified atom stereocenters. The molecule has 0 aromatic heterocycles. The Bertz CT molecular complexity index is 214. The van der Waals surface area contributed by atoms with E-state index in [1.165, 1.54) is 25.7 Å². The summed E-state index contributed by atoms with van der Waals surface area (Å²) in [4.78, 5) is 11.6. The standard InChI is InChI=1S/C12H23NO2/c1-12(2,3)10(13)11(14)15-8-9-6-4-5-7-9/h9-10H,4-8,13H2,1-3H3. The lowest BCUT2D eigenvalue weighted by atomic mass is 9.87. The van der Waals surface area contributed by atoms with Crippen molar-refractivity contribution >= 4 is 5.97 Å². The van der Waals surface area contributed by atoms with Gasteiger partial charge in [0.25, 0.3) is 0 Å². The molecule has 2 N–H and O–H groups in total. The average Bonchev–Trinajstić information content (AvgIpc) is 2.63. The highest BCUT2D eigenvalue weighted by molar-refractivity contribution is 5.76. The fourth-order valence-electron chi connectivity index (χ4n) is 1.82. The first kappa shape index (κ1) is 12.5. The van der Waals surface area contributed by atoms with Gasteiger partial charge in [0.2, 0.25) is 0 Å². The van der Waals surface area contributed by atoms with Crippen LogP contribution in [0.5, 0.6) is 0 Å². The zero-order chi connectivity index (χ0) is 11.5. The van der Waals surface area contributed by atoms with Crippen molar-refractivity contribution in [2.45, 2.75) is 52.5 Å². The van der Waals surface area contributed by atoms with Crippen LogP contribution in [0, 0.1) is 11.3 Å². The minimum absolute atomic E-state index is 0.216. The fourth-order valence-corrected chi connectivity index (χ4v) is 1.82. The molecule has 0 saturated heterocycles. The van der Waals surface area contributed by atoms with Crippen molar-refractivity contribution in [2.24, 2.45) is 17.1 Å². The molecule has 1 aliphatic rings. The summed E-state index contributed by atoms with van der Waals surface area (Å²) >= 11 is 0. The molecule has 1 rings (SSSR count). The highest BCUT2D eigenvalue weighted by Gasteiger charge is 2.29. The molecule has 3 heteroatoms. The van der Waals surface area contributed by atoms with Gasteiger partial charge in [-0.1, -0.05) is 33.6 Å². The van der Waals surface area contributed by atoms with E-state index >= 15 is 0 Å². The van der Waals surface area contributed by atoms with Crippen LogP contribution in [0.4, 0.5) is 0 Å². The smallest absolute Gasteiger partial charge is 0.323 e. The maximum atomic E-state index is 11.6. The topological polar surface area (TPSA) is 52.3 Å². The van der Waals surface area contributed by atoms with E-state index in [1.807, 2.05) is 20.8 Å². The quantitative estimate of drug-likeness (QED) is 0.730. The van der Waals surface area contributed by atoms with Gasteiger partial charge in [0.05, 0.1) is 6.61 Å². The summed E-state index contributed by atoms with van der Waals surface area (Å²) in [7, 11) is 0. The van der Waals surface area contributed by atoms with Gasteiger partial charge in [-0.2, -0.15) is 0 Å². The summed E-state index contributed by atoms with van der Waals surface area (Å²) in [5.41, 5.74) is 5.59. The van der Waals surface area contributed by atoms with Gasteiger partial charge in [0, 0.05) is 0 Å². The van der Waals surface area contributed by atoms with E-state index in [2.05, 4.69) is 0 Å². The highest BCUT2D eigenvalue weighted by atomic mass is 16.5. The van der Waals surface area contributed by atoms with Crippen LogP contribution in [0.2, 0.25) is 0 Å². The Kier molecular flexibility index (Phi) is 4.14. The van der Waals surface area contributed by atoms with Crippen LogP contribution in [0.15, 0.2) is 0 Å². The molecular weight excluding hydrogens is 190 g/mol. The molecule has 88 valence electrons. The maximum Gasteiger partial charge on any atom is 0.323 e. The van der Waals surface area contributed by atoms with Crippen molar-refractivity contribution in [3.63, 3.8) is 0 Å². The lowest BCUT2D eigenvalue weighted by Gasteiger charge is -2.25. The number of carbonyl (C=O) groups excluding carboxylic acids is 1. The van der Waals surface area contributed by atoms with E-state index in [4.69, 9.17) is 10.5 Å². The van der Waals surface area contributed by atoms with E-state index < -0.39 is 6.04 Å². The number of nitrogens with two attached hydrogens (primary N) is 1. The van der Waals surface area contributed by atoms with Gasteiger partial charge in [0.15, 0.2) is 0 Å². The number of esters is 1. The van der Waals surface area contributed by atoms with Gasteiger partial charge in [-0.15, -0.1) is 0 Å². The lowest BCUT2D eigenvalue weighted by molar-refractivity contribution is -0.149. The van der Waals surface area contributed by atoms with Gasteiger partial charge < -0.3 is 10.5 Å². The second-order valence-corrected chi connectivity index (χ2v) is 5.62. The van der Waals surface area contributed by atoms with Crippen molar-refractivity contribution in [1.29, 1.82) is 0 Å². The van der Waals surface area contributed by atoms with Gasteiger partial charge in [-0.25, -0.2) is 0 Å². The number of hydrogen-bond acceptors (Lipinski definition) is 3. The van der Waals surface area contributed by atoms with Crippen LogP contribution in [0.3, 0.4) is 0 Å². The fraction of sp³-hybridized carbons (Fsp3) is 0.917. The monoisotopic (exact) mass is 213 g/mol. The van der Waals surface area contributed by atoms with Crippen LogP contribution < -0.4 is 5.73 Å². The molecule has 1 aliphatic carbocycles. The van der Waals surface area contributed by atoms with Crippen molar-refractivity contribution in [3.05, 3.63) is 0 Å².